The third kappa shape index (κ3) is 5.17. The maximum atomic E-state index is 12.9. The van der Waals surface area contributed by atoms with E-state index < -0.39 is 0 Å². The highest BCUT2D eigenvalue weighted by atomic mass is 35.5. The molecule has 1 N–H and O–H groups in total. The van der Waals surface area contributed by atoms with Gasteiger partial charge < -0.3 is 4.57 Å². The molecule has 2 aromatic carbocycles. The van der Waals surface area contributed by atoms with Crippen LogP contribution in [0.2, 0.25) is 5.02 Å². The number of rotatable bonds is 7. The van der Waals surface area contributed by atoms with Crippen LogP contribution in [0.25, 0.3) is 11.4 Å². The SMILES string of the molecule is CCn1c(SCC(=O)NN=Cc2ccc(F)cc2)nnc1-c1ccc(Cl)cc1. The molecule has 0 aliphatic carbocycles. The standard InChI is InChI=1S/C19H17ClFN5OS/c1-2-26-18(14-5-7-15(20)8-6-14)24-25-19(26)28-12-17(27)23-22-11-13-3-9-16(21)10-4-13/h3-11H,2,12H2,1H3,(H,23,27). The van der Waals surface area contributed by atoms with E-state index in [-0.39, 0.29) is 17.5 Å². The number of hydrazone groups is 1. The Hall–Kier alpha value is -2.71. The predicted octanol–water partition coefficient (Wildman–Crippen LogP) is 4.00. The lowest BCUT2D eigenvalue weighted by Crippen LogP contribution is -2.20. The number of hydrogen-bond donors (Lipinski definition) is 1. The number of carbonyl (C=O) groups is 1. The molecule has 0 aliphatic rings. The van der Waals surface area contributed by atoms with E-state index in [1.165, 1.54) is 30.1 Å². The van der Waals surface area contributed by atoms with Crippen LogP contribution in [0.15, 0.2) is 58.8 Å². The lowest BCUT2D eigenvalue weighted by Gasteiger charge is -2.07. The first-order chi connectivity index (χ1) is 13.6. The van der Waals surface area contributed by atoms with Crippen molar-refractivity contribution in [1.29, 1.82) is 0 Å². The third-order valence-electron chi connectivity index (χ3n) is 3.74. The Morgan fingerprint density at radius 1 is 1.21 bits per heavy atom. The first-order valence-corrected chi connectivity index (χ1v) is 9.82. The molecule has 0 atom stereocenters. The molecule has 3 aromatic rings. The number of hydrogen-bond acceptors (Lipinski definition) is 5. The molecule has 6 nitrogen and oxygen atoms in total. The van der Waals surface area contributed by atoms with Crippen molar-refractivity contribution < 1.29 is 9.18 Å². The summed E-state index contributed by atoms with van der Waals surface area (Å²) in [6.07, 6.45) is 1.45. The molecule has 1 heterocycles. The zero-order valence-electron chi connectivity index (χ0n) is 15.0. The van der Waals surface area contributed by atoms with Gasteiger partial charge in [0, 0.05) is 17.1 Å². The van der Waals surface area contributed by atoms with E-state index in [0.717, 1.165) is 11.4 Å². The minimum Gasteiger partial charge on any atom is -0.302 e. The normalized spacial score (nSPS) is 11.1. The topological polar surface area (TPSA) is 72.2 Å². The highest BCUT2D eigenvalue weighted by molar-refractivity contribution is 7.99. The number of benzene rings is 2. The van der Waals surface area contributed by atoms with Crippen molar-refractivity contribution in [3.63, 3.8) is 0 Å². The van der Waals surface area contributed by atoms with E-state index in [9.17, 15) is 9.18 Å². The van der Waals surface area contributed by atoms with Crippen molar-refractivity contribution in [3.05, 3.63) is 64.9 Å². The first kappa shape index (κ1) is 20.0. The summed E-state index contributed by atoms with van der Waals surface area (Å²) < 4.78 is 14.8. The summed E-state index contributed by atoms with van der Waals surface area (Å²) in [5.74, 6) is 0.258. The molecule has 0 saturated carbocycles. The second-order valence-corrected chi connectivity index (χ2v) is 7.07. The van der Waals surface area contributed by atoms with Crippen molar-refractivity contribution in [1.82, 2.24) is 20.2 Å². The Kier molecular flexibility index (Phi) is 6.78. The fraction of sp³-hybridized carbons (Fsp3) is 0.158. The van der Waals surface area contributed by atoms with Gasteiger partial charge in [-0.1, -0.05) is 35.5 Å². The summed E-state index contributed by atoms with van der Waals surface area (Å²) in [4.78, 5) is 12.0. The van der Waals surface area contributed by atoms with Gasteiger partial charge in [0.25, 0.3) is 5.91 Å². The second kappa shape index (κ2) is 9.48. The lowest BCUT2D eigenvalue weighted by molar-refractivity contribution is -0.118. The van der Waals surface area contributed by atoms with Gasteiger partial charge in [0.1, 0.15) is 5.82 Å². The Morgan fingerprint density at radius 2 is 1.93 bits per heavy atom. The number of aromatic nitrogens is 3. The molecule has 0 spiro atoms. The fourth-order valence-corrected chi connectivity index (χ4v) is 3.30. The average molecular weight is 418 g/mol. The Labute approximate surface area is 170 Å². The summed E-state index contributed by atoms with van der Waals surface area (Å²) in [5, 5.41) is 13.6. The van der Waals surface area contributed by atoms with Crippen LogP contribution in [-0.4, -0.2) is 32.6 Å². The molecule has 0 unspecified atom stereocenters. The van der Waals surface area contributed by atoms with E-state index in [2.05, 4.69) is 20.7 Å². The molecule has 3 rings (SSSR count). The van der Waals surface area contributed by atoms with E-state index in [0.29, 0.717) is 22.3 Å². The Balaban J connectivity index is 1.58. The van der Waals surface area contributed by atoms with Crippen LogP contribution in [-0.2, 0) is 11.3 Å². The van der Waals surface area contributed by atoms with Gasteiger partial charge in [-0.2, -0.15) is 5.10 Å². The highest BCUT2D eigenvalue weighted by Gasteiger charge is 2.14. The number of thioether (sulfide) groups is 1. The van der Waals surface area contributed by atoms with Gasteiger partial charge >= 0.3 is 0 Å². The van der Waals surface area contributed by atoms with Crippen LogP contribution in [0.5, 0.6) is 0 Å². The summed E-state index contributed by atoms with van der Waals surface area (Å²) in [6.45, 7) is 2.65. The maximum Gasteiger partial charge on any atom is 0.250 e. The highest BCUT2D eigenvalue weighted by Crippen LogP contribution is 2.24. The van der Waals surface area contributed by atoms with Crippen molar-refractivity contribution >= 4 is 35.5 Å². The summed E-state index contributed by atoms with van der Waals surface area (Å²) >= 11 is 7.21. The number of nitrogens with zero attached hydrogens (tertiary/aromatic N) is 4. The van der Waals surface area contributed by atoms with Gasteiger partial charge in [0.2, 0.25) is 0 Å². The van der Waals surface area contributed by atoms with Crippen molar-refractivity contribution in [2.45, 2.75) is 18.6 Å². The first-order valence-electron chi connectivity index (χ1n) is 8.46. The Bertz CT molecular complexity index is 973. The van der Waals surface area contributed by atoms with Gasteiger partial charge in [-0.15, -0.1) is 10.2 Å². The van der Waals surface area contributed by atoms with Crippen LogP contribution in [0, 0.1) is 5.82 Å². The summed E-state index contributed by atoms with van der Waals surface area (Å²) in [5.41, 5.74) is 4.03. The molecule has 28 heavy (non-hydrogen) atoms. The molecule has 9 heteroatoms. The summed E-state index contributed by atoms with van der Waals surface area (Å²) in [7, 11) is 0. The molecule has 1 aromatic heterocycles. The number of nitrogens with one attached hydrogen (secondary N) is 1. The van der Waals surface area contributed by atoms with Gasteiger partial charge in [0.15, 0.2) is 11.0 Å². The van der Waals surface area contributed by atoms with Crippen molar-refractivity contribution in [2.75, 3.05) is 5.75 Å². The largest absolute Gasteiger partial charge is 0.302 e. The van der Waals surface area contributed by atoms with Crippen molar-refractivity contribution in [2.24, 2.45) is 5.10 Å². The fourth-order valence-electron chi connectivity index (χ4n) is 2.38. The minimum absolute atomic E-state index is 0.138. The third-order valence-corrected chi connectivity index (χ3v) is 4.96. The van der Waals surface area contributed by atoms with Crippen LogP contribution in [0.4, 0.5) is 4.39 Å². The van der Waals surface area contributed by atoms with Gasteiger partial charge in [-0.25, -0.2) is 9.82 Å². The molecule has 144 valence electrons. The molecule has 0 fully saturated rings. The van der Waals surface area contributed by atoms with Crippen LogP contribution in [0.3, 0.4) is 0 Å². The van der Waals surface area contributed by atoms with Crippen LogP contribution in [0.1, 0.15) is 12.5 Å². The maximum absolute atomic E-state index is 12.9. The molecule has 0 radical (unpaired) electrons. The molecule has 0 aliphatic heterocycles. The van der Waals surface area contributed by atoms with E-state index in [1.807, 2.05) is 23.6 Å². The molecule has 1 amide bonds. The molecular formula is C19H17ClFN5OS. The van der Waals surface area contributed by atoms with Crippen LogP contribution < -0.4 is 5.43 Å². The quantitative estimate of drug-likeness (QED) is 0.358. The number of halogens is 2. The lowest BCUT2D eigenvalue weighted by atomic mass is 10.2. The van der Waals surface area contributed by atoms with Crippen molar-refractivity contribution in [3.8, 4) is 11.4 Å². The average Bonchev–Trinajstić information content (AvgIpc) is 3.11. The number of carbonyl (C=O) groups excluding carboxylic acids is 1. The van der Waals surface area contributed by atoms with Crippen LogP contribution >= 0.6 is 23.4 Å². The summed E-state index contributed by atoms with van der Waals surface area (Å²) in [6, 6.07) is 13.1. The van der Waals surface area contributed by atoms with Gasteiger partial charge in [-0.05, 0) is 48.9 Å². The number of amides is 1. The molecule has 0 bridgehead atoms. The molecule has 0 saturated heterocycles. The predicted molar refractivity (Wildman–Crippen MR) is 109 cm³/mol. The van der Waals surface area contributed by atoms with Gasteiger partial charge in [-0.3, -0.25) is 4.79 Å². The zero-order chi connectivity index (χ0) is 19.9. The van der Waals surface area contributed by atoms with E-state index in [1.54, 1.807) is 24.3 Å². The van der Waals surface area contributed by atoms with E-state index in [4.69, 9.17) is 11.6 Å². The Morgan fingerprint density at radius 3 is 2.61 bits per heavy atom. The monoisotopic (exact) mass is 417 g/mol. The zero-order valence-corrected chi connectivity index (χ0v) is 16.5. The smallest absolute Gasteiger partial charge is 0.250 e. The molecular weight excluding hydrogens is 401 g/mol. The minimum atomic E-state index is -0.324. The van der Waals surface area contributed by atoms with Gasteiger partial charge in [0.05, 0.1) is 12.0 Å². The van der Waals surface area contributed by atoms with E-state index >= 15 is 0 Å². The second-order valence-electron chi connectivity index (χ2n) is 5.69.